The van der Waals surface area contributed by atoms with Gasteiger partial charge in [0.2, 0.25) is 0 Å². The number of hydrogen-bond acceptors (Lipinski definition) is 3. The lowest BCUT2D eigenvalue weighted by Crippen LogP contribution is -2.30. The zero-order valence-corrected chi connectivity index (χ0v) is 12.0. The Bertz CT molecular complexity index is 453. The number of esters is 1. The van der Waals surface area contributed by atoms with Crippen molar-refractivity contribution in [2.45, 2.75) is 45.4 Å². The summed E-state index contributed by atoms with van der Waals surface area (Å²) in [4.78, 5) is 11.8. The van der Waals surface area contributed by atoms with Crippen LogP contribution in [0.4, 0.5) is 0 Å². The minimum absolute atomic E-state index is 0.174. The van der Waals surface area contributed by atoms with Crippen LogP contribution in [0.5, 0.6) is 5.75 Å². The summed E-state index contributed by atoms with van der Waals surface area (Å²) in [6.07, 6.45) is 0. The lowest BCUT2D eigenvalue weighted by atomic mass is 9.79. The van der Waals surface area contributed by atoms with Crippen molar-refractivity contribution in [1.82, 2.24) is 0 Å². The highest BCUT2D eigenvalue weighted by molar-refractivity contribution is 5.82. The second kappa shape index (κ2) is 4.63. The van der Waals surface area contributed by atoms with Gasteiger partial charge >= 0.3 is 5.97 Å². The molecule has 1 N–H and O–H groups in total. The SMILES string of the molecule is COC(=O)C(C)(C)c1ccc(O)c(C(C)(C)C)c1. The summed E-state index contributed by atoms with van der Waals surface area (Å²) in [6, 6.07) is 5.29. The molecule has 3 nitrogen and oxygen atoms in total. The Morgan fingerprint density at radius 1 is 1.17 bits per heavy atom. The Labute approximate surface area is 109 Å². The lowest BCUT2D eigenvalue weighted by Gasteiger charge is -2.26. The molecular formula is C15H22O3. The van der Waals surface area contributed by atoms with Crippen molar-refractivity contribution in [3.8, 4) is 5.75 Å². The summed E-state index contributed by atoms with van der Waals surface area (Å²) in [5.74, 6) is -0.0278. The van der Waals surface area contributed by atoms with E-state index in [9.17, 15) is 9.90 Å². The summed E-state index contributed by atoms with van der Waals surface area (Å²) < 4.78 is 4.82. The van der Waals surface area contributed by atoms with Gasteiger partial charge < -0.3 is 9.84 Å². The molecule has 3 heteroatoms. The van der Waals surface area contributed by atoms with Gasteiger partial charge in [-0.05, 0) is 36.5 Å². The molecule has 1 aromatic rings. The van der Waals surface area contributed by atoms with Gasteiger partial charge in [0.05, 0.1) is 12.5 Å². The molecule has 0 aromatic heterocycles. The summed E-state index contributed by atoms with van der Waals surface area (Å²) >= 11 is 0. The summed E-state index contributed by atoms with van der Waals surface area (Å²) in [7, 11) is 1.38. The summed E-state index contributed by atoms with van der Waals surface area (Å²) in [6.45, 7) is 9.71. The van der Waals surface area contributed by atoms with E-state index < -0.39 is 5.41 Å². The van der Waals surface area contributed by atoms with E-state index in [0.717, 1.165) is 11.1 Å². The topological polar surface area (TPSA) is 46.5 Å². The molecule has 1 rings (SSSR count). The quantitative estimate of drug-likeness (QED) is 0.820. The van der Waals surface area contributed by atoms with Crippen molar-refractivity contribution < 1.29 is 14.6 Å². The molecule has 0 heterocycles. The molecule has 1 aromatic carbocycles. The van der Waals surface area contributed by atoms with E-state index in [-0.39, 0.29) is 17.1 Å². The van der Waals surface area contributed by atoms with Crippen LogP contribution in [0.2, 0.25) is 0 Å². The van der Waals surface area contributed by atoms with E-state index >= 15 is 0 Å². The fourth-order valence-electron chi connectivity index (χ4n) is 1.90. The van der Waals surface area contributed by atoms with Gasteiger partial charge in [-0.15, -0.1) is 0 Å². The smallest absolute Gasteiger partial charge is 0.315 e. The second-order valence-electron chi connectivity index (χ2n) is 6.10. The fourth-order valence-corrected chi connectivity index (χ4v) is 1.90. The number of benzene rings is 1. The molecule has 0 unspecified atom stereocenters. The largest absolute Gasteiger partial charge is 0.508 e. The Balaban J connectivity index is 3.33. The van der Waals surface area contributed by atoms with Crippen LogP contribution in [-0.2, 0) is 20.4 Å². The lowest BCUT2D eigenvalue weighted by molar-refractivity contribution is -0.146. The van der Waals surface area contributed by atoms with E-state index in [1.807, 2.05) is 40.7 Å². The van der Waals surface area contributed by atoms with Crippen LogP contribution in [0.1, 0.15) is 45.7 Å². The molecule has 0 atom stereocenters. The Morgan fingerprint density at radius 3 is 2.17 bits per heavy atom. The first-order chi connectivity index (χ1) is 8.10. The zero-order chi connectivity index (χ0) is 14.1. The van der Waals surface area contributed by atoms with Crippen molar-refractivity contribution in [2.24, 2.45) is 0 Å². The first kappa shape index (κ1) is 14.6. The molecule has 0 amide bonds. The van der Waals surface area contributed by atoms with Gasteiger partial charge in [-0.25, -0.2) is 0 Å². The number of rotatable bonds is 2. The van der Waals surface area contributed by atoms with Gasteiger partial charge in [-0.3, -0.25) is 4.79 Å². The van der Waals surface area contributed by atoms with Gasteiger partial charge in [-0.1, -0.05) is 32.9 Å². The van der Waals surface area contributed by atoms with Crippen molar-refractivity contribution in [3.63, 3.8) is 0 Å². The average Bonchev–Trinajstić information content (AvgIpc) is 2.26. The molecule has 0 aliphatic carbocycles. The molecule has 18 heavy (non-hydrogen) atoms. The third-order valence-electron chi connectivity index (χ3n) is 3.22. The minimum Gasteiger partial charge on any atom is -0.508 e. The highest BCUT2D eigenvalue weighted by Crippen LogP contribution is 2.35. The number of phenols is 1. The highest BCUT2D eigenvalue weighted by atomic mass is 16.5. The number of hydrogen-bond donors (Lipinski definition) is 1. The predicted octanol–water partition coefficient (Wildman–Crippen LogP) is 3.14. The molecule has 0 aliphatic heterocycles. The van der Waals surface area contributed by atoms with Gasteiger partial charge in [0, 0.05) is 0 Å². The van der Waals surface area contributed by atoms with Crippen LogP contribution in [0.3, 0.4) is 0 Å². The second-order valence-corrected chi connectivity index (χ2v) is 6.10. The molecule has 0 fully saturated rings. The molecule has 0 saturated heterocycles. The third-order valence-corrected chi connectivity index (χ3v) is 3.22. The van der Waals surface area contributed by atoms with Gasteiger partial charge in [-0.2, -0.15) is 0 Å². The maximum atomic E-state index is 11.8. The van der Waals surface area contributed by atoms with Crippen LogP contribution in [0, 0.1) is 0 Å². The Hall–Kier alpha value is -1.51. The molecule has 0 radical (unpaired) electrons. The maximum Gasteiger partial charge on any atom is 0.315 e. The first-order valence-electron chi connectivity index (χ1n) is 6.03. The van der Waals surface area contributed by atoms with Crippen LogP contribution >= 0.6 is 0 Å². The van der Waals surface area contributed by atoms with E-state index in [4.69, 9.17) is 4.74 Å². The van der Waals surface area contributed by atoms with Crippen LogP contribution in [-0.4, -0.2) is 18.2 Å². The summed E-state index contributed by atoms with van der Waals surface area (Å²) in [5, 5.41) is 9.92. The zero-order valence-electron chi connectivity index (χ0n) is 12.0. The molecule has 100 valence electrons. The van der Waals surface area contributed by atoms with Crippen LogP contribution in [0.15, 0.2) is 18.2 Å². The molecule has 0 spiro atoms. The van der Waals surface area contributed by atoms with E-state index in [1.165, 1.54) is 7.11 Å². The third kappa shape index (κ3) is 2.66. The monoisotopic (exact) mass is 250 g/mol. The maximum absolute atomic E-state index is 11.8. The normalized spacial score (nSPS) is 12.3. The summed E-state index contributed by atoms with van der Waals surface area (Å²) in [5.41, 5.74) is 0.781. The van der Waals surface area contributed by atoms with E-state index in [0.29, 0.717) is 0 Å². The fraction of sp³-hybridized carbons (Fsp3) is 0.533. The number of carbonyl (C=O) groups excluding carboxylic acids is 1. The number of phenolic OH excluding ortho intramolecular Hbond substituents is 1. The minimum atomic E-state index is -0.720. The number of carbonyl (C=O) groups is 1. The molecule has 0 aliphatic rings. The van der Waals surface area contributed by atoms with Crippen molar-refractivity contribution >= 4 is 5.97 Å². The van der Waals surface area contributed by atoms with Crippen LogP contribution < -0.4 is 0 Å². The Morgan fingerprint density at radius 2 is 1.72 bits per heavy atom. The predicted molar refractivity (Wildman–Crippen MR) is 71.8 cm³/mol. The van der Waals surface area contributed by atoms with Gasteiger partial charge in [0.1, 0.15) is 5.75 Å². The van der Waals surface area contributed by atoms with E-state index in [1.54, 1.807) is 12.1 Å². The van der Waals surface area contributed by atoms with Crippen LogP contribution in [0.25, 0.3) is 0 Å². The van der Waals surface area contributed by atoms with E-state index in [2.05, 4.69) is 0 Å². The van der Waals surface area contributed by atoms with Crippen molar-refractivity contribution in [1.29, 1.82) is 0 Å². The van der Waals surface area contributed by atoms with Crippen molar-refractivity contribution in [3.05, 3.63) is 29.3 Å². The number of aromatic hydroxyl groups is 1. The van der Waals surface area contributed by atoms with Gasteiger partial charge in [0.15, 0.2) is 0 Å². The first-order valence-corrected chi connectivity index (χ1v) is 6.03. The molecule has 0 bridgehead atoms. The highest BCUT2D eigenvalue weighted by Gasteiger charge is 2.32. The molecule has 0 saturated carbocycles. The Kier molecular flexibility index (Phi) is 3.75. The average molecular weight is 250 g/mol. The number of ether oxygens (including phenoxy) is 1. The van der Waals surface area contributed by atoms with Gasteiger partial charge in [0.25, 0.3) is 0 Å². The number of methoxy groups -OCH3 is 1. The van der Waals surface area contributed by atoms with Crippen molar-refractivity contribution in [2.75, 3.05) is 7.11 Å². The molecular weight excluding hydrogens is 228 g/mol. The standard InChI is InChI=1S/C15H22O3/c1-14(2,3)11-9-10(7-8-12(11)16)15(4,5)13(17)18-6/h7-9,16H,1-6H3.